The lowest BCUT2D eigenvalue weighted by Crippen LogP contribution is -2.17. The normalized spacial score (nSPS) is 13.4. The first kappa shape index (κ1) is 25.8. The zero-order valence-electron chi connectivity index (χ0n) is 19.4. The smallest absolute Gasteiger partial charge is 0.341 e. The zero-order valence-corrected chi connectivity index (χ0v) is 22.5. The van der Waals surface area contributed by atoms with E-state index in [-0.39, 0.29) is 24.2 Å². The third-order valence-electron chi connectivity index (χ3n) is 5.42. The van der Waals surface area contributed by atoms with Crippen molar-refractivity contribution in [1.82, 2.24) is 14.8 Å². The maximum Gasteiger partial charge on any atom is 0.341 e. The van der Waals surface area contributed by atoms with Gasteiger partial charge in [-0.25, -0.2) is 4.79 Å². The van der Waals surface area contributed by atoms with Crippen LogP contribution in [0, 0.1) is 0 Å². The number of anilines is 1. The van der Waals surface area contributed by atoms with Gasteiger partial charge in [0.15, 0.2) is 17.1 Å². The molecule has 3 aromatic rings. The fourth-order valence-corrected chi connectivity index (χ4v) is 6.29. The first-order chi connectivity index (χ1) is 16.8. The van der Waals surface area contributed by atoms with Gasteiger partial charge in [-0.1, -0.05) is 35.0 Å². The van der Waals surface area contributed by atoms with E-state index in [2.05, 4.69) is 15.5 Å². The molecule has 12 heteroatoms. The molecular weight excluding hydrogens is 531 g/mol. The number of thiophene rings is 1. The monoisotopic (exact) mass is 554 g/mol. The van der Waals surface area contributed by atoms with Gasteiger partial charge in [-0.05, 0) is 56.9 Å². The molecule has 1 aliphatic carbocycles. The van der Waals surface area contributed by atoms with Crippen LogP contribution in [0.4, 0.5) is 5.00 Å². The minimum absolute atomic E-state index is 0.106. The SMILES string of the molecule is CCOC(=O)c1c(NC(=O)CSc2nnc(C(C)Oc3ccc(Cl)cc3Cl)n2C)sc2c1CCC2. The second kappa shape index (κ2) is 11.2. The number of nitrogens with one attached hydrogen (secondary N) is 1. The molecule has 0 saturated carbocycles. The highest BCUT2D eigenvalue weighted by atomic mass is 35.5. The van der Waals surface area contributed by atoms with Crippen molar-refractivity contribution in [1.29, 1.82) is 0 Å². The summed E-state index contributed by atoms with van der Waals surface area (Å²) in [6.45, 7) is 3.89. The highest BCUT2D eigenvalue weighted by Gasteiger charge is 2.28. The van der Waals surface area contributed by atoms with E-state index >= 15 is 0 Å². The van der Waals surface area contributed by atoms with Crippen molar-refractivity contribution in [2.75, 3.05) is 17.7 Å². The van der Waals surface area contributed by atoms with Crippen LogP contribution in [0.3, 0.4) is 0 Å². The average molecular weight is 556 g/mol. The molecule has 2 heterocycles. The molecule has 1 aliphatic rings. The standard InChI is InChI=1S/C23H24Cl2N4O4S2/c1-4-32-22(31)19-14-6-5-7-17(14)35-21(19)26-18(30)11-34-23-28-27-20(29(23)3)12(2)33-16-9-8-13(24)10-15(16)25/h8-10,12H,4-7,11H2,1-3H3,(H,26,30). The number of amides is 1. The number of esters is 1. The van der Waals surface area contributed by atoms with Crippen molar-refractivity contribution < 1.29 is 19.1 Å². The number of rotatable bonds is 9. The van der Waals surface area contributed by atoms with Crippen molar-refractivity contribution >= 4 is 63.2 Å². The molecule has 0 fully saturated rings. The van der Waals surface area contributed by atoms with Gasteiger partial charge in [0.2, 0.25) is 5.91 Å². The van der Waals surface area contributed by atoms with Crippen LogP contribution in [0.5, 0.6) is 5.75 Å². The van der Waals surface area contributed by atoms with Crippen molar-refractivity contribution in [2.24, 2.45) is 7.05 Å². The van der Waals surface area contributed by atoms with E-state index in [1.54, 1.807) is 29.7 Å². The van der Waals surface area contributed by atoms with Crippen LogP contribution in [0.25, 0.3) is 0 Å². The third-order valence-corrected chi connectivity index (χ3v) is 8.17. The summed E-state index contributed by atoms with van der Waals surface area (Å²) in [5.41, 5.74) is 1.50. The van der Waals surface area contributed by atoms with E-state index in [9.17, 15) is 9.59 Å². The molecule has 8 nitrogen and oxygen atoms in total. The number of aryl methyl sites for hydroxylation is 1. The first-order valence-corrected chi connectivity index (χ1v) is 13.6. The summed E-state index contributed by atoms with van der Waals surface area (Å²) in [5, 5.41) is 13.3. The van der Waals surface area contributed by atoms with Gasteiger partial charge in [-0.2, -0.15) is 0 Å². The molecule has 0 aliphatic heterocycles. The Hall–Kier alpha value is -2.27. The Morgan fingerprint density at radius 3 is 2.83 bits per heavy atom. The van der Waals surface area contributed by atoms with Crippen molar-refractivity contribution in [3.63, 3.8) is 0 Å². The van der Waals surface area contributed by atoms with E-state index in [1.165, 1.54) is 23.1 Å². The van der Waals surface area contributed by atoms with Crippen LogP contribution in [0.15, 0.2) is 23.4 Å². The predicted octanol–water partition coefficient (Wildman–Crippen LogP) is 5.72. The lowest BCUT2D eigenvalue weighted by Gasteiger charge is -2.15. The Morgan fingerprint density at radius 2 is 2.09 bits per heavy atom. The Kier molecular flexibility index (Phi) is 8.26. The molecule has 0 saturated heterocycles. The lowest BCUT2D eigenvalue weighted by atomic mass is 10.1. The molecular formula is C23H24Cl2N4O4S2. The molecule has 35 heavy (non-hydrogen) atoms. The number of fused-ring (bicyclic) bond motifs is 1. The quantitative estimate of drug-likeness (QED) is 0.267. The molecule has 1 aromatic carbocycles. The topological polar surface area (TPSA) is 95.3 Å². The molecule has 1 N–H and O–H groups in total. The molecule has 0 bridgehead atoms. The fourth-order valence-electron chi connectivity index (χ4n) is 3.82. The van der Waals surface area contributed by atoms with Gasteiger partial charge >= 0.3 is 5.97 Å². The number of nitrogens with zero attached hydrogens (tertiary/aromatic N) is 3. The summed E-state index contributed by atoms with van der Waals surface area (Å²) >= 11 is 14.8. The summed E-state index contributed by atoms with van der Waals surface area (Å²) in [7, 11) is 1.81. The number of ether oxygens (including phenoxy) is 2. The molecule has 1 unspecified atom stereocenters. The van der Waals surface area contributed by atoms with Crippen molar-refractivity contribution in [3.05, 3.63) is 50.1 Å². The number of carbonyl (C=O) groups excluding carboxylic acids is 2. The van der Waals surface area contributed by atoms with Gasteiger partial charge in [0.05, 0.1) is 22.9 Å². The maximum atomic E-state index is 12.7. The van der Waals surface area contributed by atoms with E-state index in [4.69, 9.17) is 32.7 Å². The van der Waals surface area contributed by atoms with Crippen LogP contribution in [-0.4, -0.2) is 39.0 Å². The van der Waals surface area contributed by atoms with Gasteiger partial charge in [0.1, 0.15) is 10.8 Å². The Balaban J connectivity index is 1.39. The predicted molar refractivity (Wildman–Crippen MR) is 138 cm³/mol. The second-order valence-electron chi connectivity index (χ2n) is 7.85. The second-order valence-corrected chi connectivity index (χ2v) is 10.7. The van der Waals surface area contributed by atoms with Gasteiger partial charge in [0.25, 0.3) is 0 Å². The molecule has 0 spiro atoms. The minimum atomic E-state index is -0.435. The summed E-state index contributed by atoms with van der Waals surface area (Å²) in [6, 6.07) is 5.00. The van der Waals surface area contributed by atoms with Crippen LogP contribution in [0.2, 0.25) is 10.0 Å². The van der Waals surface area contributed by atoms with Gasteiger partial charge in [-0.15, -0.1) is 21.5 Å². The number of hydrogen-bond acceptors (Lipinski definition) is 8. The van der Waals surface area contributed by atoms with Crippen LogP contribution in [0.1, 0.15) is 53.0 Å². The molecule has 4 rings (SSSR count). The number of benzene rings is 1. The molecule has 186 valence electrons. The number of hydrogen-bond donors (Lipinski definition) is 1. The van der Waals surface area contributed by atoms with Gasteiger partial charge in [-0.3, -0.25) is 4.79 Å². The lowest BCUT2D eigenvalue weighted by molar-refractivity contribution is -0.113. The Morgan fingerprint density at radius 1 is 1.29 bits per heavy atom. The number of carbonyl (C=O) groups is 2. The van der Waals surface area contributed by atoms with Crippen molar-refractivity contribution in [3.8, 4) is 5.75 Å². The zero-order chi connectivity index (χ0) is 25.1. The third kappa shape index (κ3) is 5.77. The molecule has 1 amide bonds. The number of aromatic nitrogens is 3. The van der Waals surface area contributed by atoms with E-state index < -0.39 is 6.10 Å². The van der Waals surface area contributed by atoms with E-state index in [0.29, 0.717) is 37.3 Å². The molecule has 1 atom stereocenters. The Bertz CT molecular complexity index is 1260. The van der Waals surface area contributed by atoms with Gasteiger partial charge in [0, 0.05) is 16.9 Å². The van der Waals surface area contributed by atoms with Crippen LogP contribution >= 0.6 is 46.3 Å². The first-order valence-electron chi connectivity index (χ1n) is 11.0. The summed E-state index contributed by atoms with van der Waals surface area (Å²) in [5.74, 6) is 0.554. The summed E-state index contributed by atoms with van der Waals surface area (Å²) < 4.78 is 12.9. The highest BCUT2D eigenvalue weighted by Crippen LogP contribution is 2.39. The number of halogens is 2. The molecule has 0 radical (unpaired) electrons. The van der Waals surface area contributed by atoms with Crippen molar-refractivity contribution in [2.45, 2.75) is 44.4 Å². The fraction of sp³-hybridized carbons (Fsp3) is 0.391. The summed E-state index contributed by atoms with van der Waals surface area (Å²) in [4.78, 5) is 26.4. The van der Waals surface area contributed by atoms with E-state index in [1.807, 2.05) is 14.0 Å². The maximum absolute atomic E-state index is 12.7. The molecule has 2 aromatic heterocycles. The minimum Gasteiger partial charge on any atom is -0.481 e. The Labute approximate surface area is 221 Å². The van der Waals surface area contributed by atoms with Crippen LogP contribution in [-0.2, 0) is 29.4 Å². The largest absolute Gasteiger partial charge is 0.481 e. The van der Waals surface area contributed by atoms with Gasteiger partial charge < -0.3 is 19.4 Å². The summed E-state index contributed by atoms with van der Waals surface area (Å²) in [6.07, 6.45) is 2.32. The highest BCUT2D eigenvalue weighted by molar-refractivity contribution is 7.99. The average Bonchev–Trinajstić information content (AvgIpc) is 3.49. The van der Waals surface area contributed by atoms with Crippen LogP contribution < -0.4 is 10.1 Å². The van der Waals surface area contributed by atoms with E-state index in [0.717, 1.165) is 29.7 Å². The number of thioether (sulfide) groups is 1.